The van der Waals surface area contributed by atoms with Gasteiger partial charge in [-0.15, -0.1) is 0 Å². The summed E-state index contributed by atoms with van der Waals surface area (Å²) in [4.78, 5) is 23.4. The Morgan fingerprint density at radius 2 is 2.13 bits per heavy atom. The van der Waals surface area contributed by atoms with Gasteiger partial charge in [0.2, 0.25) is 6.41 Å². The van der Waals surface area contributed by atoms with E-state index in [2.05, 4.69) is 19.2 Å². The molecule has 0 aromatic heterocycles. The van der Waals surface area contributed by atoms with Crippen LogP contribution >= 0.6 is 0 Å². The van der Waals surface area contributed by atoms with Crippen LogP contribution < -0.4 is 5.32 Å². The largest absolute Gasteiger partial charge is 0.341 e. The van der Waals surface area contributed by atoms with Crippen LogP contribution in [0.5, 0.6) is 0 Å². The molecule has 4 heteroatoms. The molecule has 1 rings (SSSR count). The van der Waals surface area contributed by atoms with Crippen molar-refractivity contribution in [3.63, 3.8) is 0 Å². The van der Waals surface area contributed by atoms with Crippen LogP contribution in [0, 0.1) is 11.8 Å². The first-order chi connectivity index (χ1) is 7.17. The number of amides is 1. The molecule has 86 valence electrons. The van der Waals surface area contributed by atoms with E-state index >= 15 is 0 Å². The van der Waals surface area contributed by atoms with Crippen LogP contribution in [0.3, 0.4) is 0 Å². The maximum Gasteiger partial charge on any atom is 0.210 e. The van der Waals surface area contributed by atoms with Crippen LogP contribution in [-0.2, 0) is 9.59 Å². The summed E-state index contributed by atoms with van der Waals surface area (Å²) in [5.74, 6) is 0.519. The molecule has 0 aromatic rings. The summed E-state index contributed by atoms with van der Waals surface area (Å²) in [7, 11) is 0. The fourth-order valence-electron chi connectivity index (χ4n) is 2.01. The lowest BCUT2D eigenvalue weighted by atomic mass is 9.96. The topological polar surface area (TPSA) is 49.4 Å². The average molecular weight is 212 g/mol. The molecule has 0 unspecified atom stereocenters. The minimum Gasteiger partial charge on any atom is -0.341 e. The highest BCUT2D eigenvalue weighted by Crippen LogP contribution is 2.14. The molecule has 1 fully saturated rings. The van der Waals surface area contributed by atoms with E-state index in [-0.39, 0.29) is 12.0 Å². The Hall–Kier alpha value is -0.900. The van der Waals surface area contributed by atoms with Crippen molar-refractivity contribution in [2.45, 2.75) is 26.3 Å². The molecule has 1 aliphatic rings. The van der Waals surface area contributed by atoms with Crippen molar-refractivity contribution >= 4 is 12.7 Å². The van der Waals surface area contributed by atoms with E-state index in [1.54, 1.807) is 0 Å². The van der Waals surface area contributed by atoms with Gasteiger partial charge in [-0.05, 0) is 12.3 Å². The Bertz CT molecular complexity index is 219. The van der Waals surface area contributed by atoms with Gasteiger partial charge >= 0.3 is 0 Å². The molecule has 15 heavy (non-hydrogen) atoms. The predicted molar refractivity (Wildman–Crippen MR) is 58.4 cm³/mol. The summed E-state index contributed by atoms with van der Waals surface area (Å²) >= 11 is 0. The summed E-state index contributed by atoms with van der Waals surface area (Å²) in [6.07, 6.45) is 2.68. The molecule has 1 N–H and O–H groups in total. The van der Waals surface area contributed by atoms with Crippen molar-refractivity contribution < 1.29 is 9.59 Å². The number of carbonyl (C=O) groups is 2. The Kier molecular flexibility index (Phi) is 4.75. The number of rotatable bonds is 5. The highest BCUT2D eigenvalue weighted by molar-refractivity contribution is 5.55. The third-order valence-corrected chi connectivity index (χ3v) is 2.73. The Morgan fingerprint density at radius 1 is 1.40 bits per heavy atom. The number of hydrogen-bond acceptors (Lipinski definition) is 3. The second-order valence-electron chi connectivity index (χ2n) is 4.64. The van der Waals surface area contributed by atoms with Crippen LogP contribution in [0.4, 0.5) is 0 Å². The summed E-state index contributed by atoms with van der Waals surface area (Å²) < 4.78 is 0. The first-order valence-electron chi connectivity index (χ1n) is 5.54. The second-order valence-corrected chi connectivity index (χ2v) is 4.64. The van der Waals surface area contributed by atoms with Crippen molar-refractivity contribution in [1.29, 1.82) is 0 Å². The summed E-state index contributed by atoms with van der Waals surface area (Å²) in [5.41, 5.74) is 0. The van der Waals surface area contributed by atoms with Crippen LogP contribution in [0.25, 0.3) is 0 Å². The Morgan fingerprint density at radius 3 is 2.67 bits per heavy atom. The van der Waals surface area contributed by atoms with E-state index in [9.17, 15) is 9.59 Å². The van der Waals surface area contributed by atoms with Gasteiger partial charge in [-0.1, -0.05) is 13.8 Å². The van der Waals surface area contributed by atoms with E-state index in [4.69, 9.17) is 0 Å². The summed E-state index contributed by atoms with van der Waals surface area (Å²) in [6.45, 7) is 6.49. The highest BCUT2D eigenvalue weighted by Gasteiger charge is 2.25. The van der Waals surface area contributed by atoms with Gasteiger partial charge in [0.15, 0.2) is 0 Å². The third-order valence-electron chi connectivity index (χ3n) is 2.73. The van der Waals surface area contributed by atoms with Gasteiger partial charge in [0.05, 0.1) is 0 Å². The van der Waals surface area contributed by atoms with Gasteiger partial charge in [0.1, 0.15) is 6.29 Å². The van der Waals surface area contributed by atoms with Crippen LogP contribution in [0.1, 0.15) is 20.3 Å². The molecule has 0 saturated carbocycles. The minimum absolute atomic E-state index is 0.0540. The number of nitrogens with zero attached hydrogens (tertiary/aromatic N) is 1. The predicted octanol–water partition coefficient (Wildman–Crippen LogP) is 0.278. The van der Waals surface area contributed by atoms with Gasteiger partial charge in [-0.3, -0.25) is 4.79 Å². The SMILES string of the molecule is CC(C)CN(C=O)[C@@H]1CNC[C@H](C=O)C1. The quantitative estimate of drug-likeness (QED) is 0.666. The zero-order chi connectivity index (χ0) is 11.3. The zero-order valence-electron chi connectivity index (χ0n) is 9.48. The monoisotopic (exact) mass is 212 g/mol. The number of hydrogen-bond donors (Lipinski definition) is 1. The van der Waals surface area contributed by atoms with Crippen molar-refractivity contribution in [1.82, 2.24) is 10.2 Å². The van der Waals surface area contributed by atoms with Crippen LogP contribution in [0.15, 0.2) is 0 Å². The van der Waals surface area contributed by atoms with Crippen LogP contribution in [-0.4, -0.2) is 43.3 Å². The molecular weight excluding hydrogens is 192 g/mol. The molecule has 1 saturated heterocycles. The highest BCUT2D eigenvalue weighted by atomic mass is 16.1. The number of carbonyl (C=O) groups excluding carboxylic acids is 2. The molecule has 0 bridgehead atoms. The second kappa shape index (κ2) is 5.85. The van der Waals surface area contributed by atoms with Gasteiger partial charge in [-0.25, -0.2) is 0 Å². The minimum atomic E-state index is 0.0540. The molecule has 1 amide bonds. The molecule has 0 aliphatic carbocycles. The maximum atomic E-state index is 10.9. The first kappa shape index (κ1) is 12.2. The zero-order valence-corrected chi connectivity index (χ0v) is 9.48. The summed E-state index contributed by atoms with van der Waals surface area (Å²) in [5, 5.41) is 3.19. The molecule has 0 spiro atoms. The van der Waals surface area contributed by atoms with E-state index < -0.39 is 0 Å². The average Bonchev–Trinajstić information content (AvgIpc) is 2.25. The fourth-order valence-corrected chi connectivity index (χ4v) is 2.01. The molecule has 1 heterocycles. The normalized spacial score (nSPS) is 26.3. The smallest absolute Gasteiger partial charge is 0.210 e. The first-order valence-corrected chi connectivity index (χ1v) is 5.54. The number of piperidine rings is 1. The lowest BCUT2D eigenvalue weighted by Gasteiger charge is -2.35. The summed E-state index contributed by atoms with van der Waals surface area (Å²) in [6, 6.07) is 0.175. The standard InChI is InChI=1S/C11H20N2O2/c1-9(2)6-13(8-15)11-3-10(7-14)4-12-5-11/h7-12H,3-6H2,1-2H3/t10-,11+/m1/s1. The fraction of sp³-hybridized carbons (Fsp3) is 0.818. The lowest BCUT2D eigenvalue weighted by molar-refractivity contribution is -0.122. The third kappa shape index (κ3) is 3.63. The molecule has 2 atom stereocenters. The van der Waals surface area contributed by atoms with E-state index in [0.29, 0.717) is 5.92 Å². The lowest BCUT2D eigenvalue weighted by Crippen LogP contribution is -2.49. The van der Waals surface area contributed by atoms with Crippen molar-refractivity contribution in [2.75, 3.05) is 19.6 Å². The van der Waals surface area contributed by atoms with Gasteiger partial charge in [0, 0.05) is 31.6 Å². The van der Waals surface area contributed by atoms with E-state index in [0.717, 1.165) is 38.8 Å². The number of nitrogens with one attached hydrogen (secondary N) is 1. The Labute approximate surface area is 91.0 Å². The number of aldehydes is 1. The van der Waals surface area contributed by atoms with Gasteiger partial charge in [-0.2, -0.15) is 0 Å². The molecule has 0 radical (unpaired) electrons. The maximum absolute atomic E-state index is 10.9. The van der Waals surface area contributed by atoms with Gasteiger partial charge < -0.3 is 15.0 Å². The van der Waals surface area contributed by atoms with E-state index in [1.165, 1.54) is 0 Å². The Balaban J connectivity index is 2.51. The molecular formula is C11H20N2O2. The van der Waals surface area contributed by atoms with Crippen LogP contribution in [0.2, 0.25) is 0 Å². The molecule has 0 aromatic carbocycles. The van der Waals surface area contributed by atoms with E-state index in [1.807, 2.05) is 4.90 Å². The molecule has 1 aliphatic heterocycles. The van der Waals surface area contributed by atoms with Crippen molar-refractivity contribution in [3.05, 3.63) is 0 Å². The van der Waals surface area contributed by atoms with Crippen molar-refractivity contribution in [3.8, 4) is 0 Å². The van der Waals surface area contributed by atoms with Gasteiger partial charge in [0.25, 0.3) is 0 Å². The molecule has 4 nitrogen and oxygen atoms in total. The van der Waals surface area contributed by atoms with Crippen molar-refractivity contribution in [2.24, 2.45) is 11.8 Å².